The normalized spacial score (nSPS) is 16.5. The Labute approximate surface area is 186 Å². The Morgan fingerprint density at radius 3 is 2.41 bits per heavy atom. The summed E-state index contributed by atoms with van der Waals surface area (Å²) in [7, 11) is 4.03. The largest absolute Gasteiger partial charge is 0.573 e. The average molecular weight is 445 g/mol. The maximum Gasteiger partial charge on any atom is 0.573 e. The van der Waals surface area contributed by atoms with Gasteiger partial charge in [0, 0.05) is 49.4 Å². The quantitative estimate of drug-likeness (QED) is 0.536. The molecule has 1 saturated heterocycles. The number of aromatic nitrogens is 1. The number of ether oxygens (including phenoxy) is 1. The molecule has 2 heterocycles. The summed E-state index contributed by atoms with van der Waals surface area (Å²) in [4.78, 5) is 11.3. The first kappa shape index (κ1) is 22.2. The van der Waals surface area contributed by atoms with E-state index >= 15 is 0 Å². The third-order valence-electron chi connectivity index (χ3n) is 5.91. The summed E-state index contributed by atoms with van der Waals surface area (Å²) < 4.78 is 41.4. The van der Waals surface area contributed by atoms with Gasteiger partial charge in [-0.15, -0.1) is 13.2 Å². The highest BCUT2D eigenvalue weighted by Gasteiger charge is 2.38. The summed E-state index contributed by atoms with van der Waals surface area (Å²) in [5.41, 5.74) is 3.98. The number of benzene rings is 2. The van der Waals surface area contributed by atoms with Crippen molar-refractivity contribution in [1.29, 1.82) is 0 Å². The van der Waals surface area contributed by atoms with Crippen LogP contribution in [0.4, 0.5) is 24.5 Å². The number of pyridine rings is 1. The van der Waals surface area contributed by atoms with E-state index in [0.29, 0.717) is 6.67 Å². The standard InChI is InChI=1S/C24H27F3N4O/c1-23(2)15-30(17-9-11-18(12-10-17)32-24(25,26)27)16-31(23)14-20-19-7-5-6-8-21(19)28-13-22(20)29(3)4/h5-13H,14-16H2,1-4H3. The van der Waals surface area contributed by atoms with Gasteiger partial charge in [0.25, 0.3) is 0 Å². The number of para-hydroxylation sites is 1. The molecule has 0 atom stereocenters. The fourth-order valence-electron chi connectivity index (χ4n) is 4.24. The van der Waals surface area contributed by atoms with Gasteiger partial charge in [-0.25, -0.2) is 0 Å². The van der Waals surface area contributed by atoms with Crippen LogP contribution in [0.25, 0.3) is 10.9 Å². The lowest BCUT2D eigenvalue weighted by Gasteiger charge is -2.31. The first-order valence-electron chi connectivity index (χ1n) is 10.4. The van der Waals surface area contributed by atoms with E-state index in [1.165, 1.54) is 17.7 Å². The highest BCUT2D eigenvalue weighted by Crippen LogP contribution is 2.35. The van der Waals surface area contributed by atoms with Crippen molar-refractivity contribution in [1.82, 2.24) is 9.88 Å². The van der Waals surface area contributed by atoms with Gasteiger partial charge in [-0.2, -0.15) is 0 Å². The van der Waals surface area contributed by atoms with Gasteiger partial charge in [0.15, 0.2) is 0 Å². The lowest BCUT2D eigenvalue weighted by Crippen LogP contribution is -2.39. The zero-order chi connectivity index (χ0) is 23.1. The molecule has 1 fully saturated rings. The molecule has 0 spiro atoms. The molecule has 1 aromatic heterocycles. The Balaban J connectivity index is 1.59. The Morgan fingerprint density at radius 2 is 1.75 bits per heavy atom. The minimum Gasteiger partial charge on any atom is -0.406 e. The van der Waals surface area contributed by atoms with E-state index < -0.39 is 6.36 Å². The van der Waals surface area contributed by atoms with Crippen LogP contribution < -0.4 is 14.5 Å². The van der Waals surface area contributed by atoms with Gasteiger partial charge in [0.2, 0.25) is 0 Å². The Morgan fingerprint density at radius 1 is 1.06 bits per heavy atom. The molecular formula is C24H27F3N4O. The van der Waals surface area contributed by atoms with Crippen LogP contribution in [0.2, 0.25) is 0 Å². The second-order valence-electron chi connectivity index (χ2n) is 8.93. The van der Waals surface area contributed by atoms with Crippen molar-refractivity contribution in [2.24, 2.45) is 0 Å². The lowest BCUT2D eigenvalue weighted by atomic mass is 10.0. The van der Waals surface area contributed by atoms with Crippen molar-refractivity contribution in [3.63, 3.8) is 0 Å². The van der Waals surface area contributed by atoms with E-state index in [2.05, 4.69) is 44.3 Å². The number of nitrogens with zero attached hydrogens (tertiary/aromatic N) is 4. The van der Waals surface area contributed by atoms with Crippen molar-refractivity contribution in [3.8, 4) is 5.75 Å². The smallest absolute Gasteiger partial charge is 0.406 e. The molecule has 0 bridgehead atoms. The van der Waals surface area contributed by atoms with Crippen LogP contribution in [-0.2, 0) is 6.54 Å². The summed E-state index contributed by atoms with van der Waals surface area (Å²) in [5.74, 6) is -0.213. The number of halogens is 3. The maximum absolute atomic E-state index is 12.5. The van der Waals surface area contributed by atoms with Gasteiger partial charge in [0.05, 0.1) is 24.1 Å². The Bertz CT molecular complexity index is 1100. The van der Waals surface area contributed by atoms with Crippen LogP contribution in [0.1, 0.15) is 19.4 Å². The van der Waals surface area contributed by atoms with Crippen LogP contribution in [0.5, 0.6) is 5.75 Å². The monoisotopic (exact) mass is 444 g/mol. The maximum atomic E-state index is 12.5. The second kappa shape index (κ2) is 8.16. The van der Waals surface area contributed by atoms with Gasteiger partial charge in [-0.3, -0.25) is 9.88 Å². The van der Waals surface area contributed by atoms with Crippen molar-refractivity contribution in [2.75, 3.05) is 37.1 Å². The van der Waals surface area contributed by atoms with Crippen LogP contribution in [0, 0.1) is 0 Å². The minimum atomic E-state index is -4.69. The van der Waals surface area contributed by atoms with Gasteiger partial charge in [0.1, 0.15) is 5.75 Å². The van der Waals surface area contributed by atoms with E-state index in [9.17, 15) is 13.2 Å². The van der Waals surface area contributed by atoms with Crippen molar-refractivity contribution in [3.05, 3.63) is 60.3 Å². The molecule has 2 aromatic carbocycles. The molecule has 0 saturated carbocycles. The zero-order valence-corrected chi connectivity index (χ0v) is 18.6. The topological polar surface area (TPSA) is 31.8 Å². The van der Waals surface area contributed by atoms with Crippen LogP contribution in [0.3, 0.4) is 0 Å². The molecule has 8 heteroatoms. The van der Waals surface area contributed by atoms with E-state index in [-0.39, 0.29) is 11.3 Å². The number of anilines is 2. The summed E-state index contributed by atoms with van der Waals surface area (Å²) >= 11 is 0. The number of hydrogen-bond acceptors (Lipinski definition) is 5. The first-order chi connectivity index (χ1) is 15.0. The predicted octanol–water partition coefficient (Wildman–Crippen LogP) is 5.26. The van der Waals surface area contributed by atoms with Gasteiger partial charge in [-0.05, 0) is 44.2 Å². The molecule has 1 aliphatic heterocycles. The van der Waals surface area contributed by atoms with Crippen molar-refractivity contribution < 1.29 is 17.9 Å². The summed E-state index contributed by atoms with van der Waals surface area (Å²) in [5, 5.41) is 1.13. The highest BCUT2D eigenvalue weighted by molar-refractivity contribution is 5.86. The van der Waals surface area contributed by atoms with Crippen LogP contribution >= 0.6 is 0 Å². The number of hydrogen-bond donors (Lipinski definition) is 0. The molecule has 1 aliphatic rings. The molecule has 4 rings (SSSR count). The Hall–Kier alpha value is -3.00. The van der Waals surface area contributed by atoms with E-state index in [4.69, 9.17) is 0 Å². The van der Waals surface area contributed by atoms with Crippen molar-refractivity contribution >= 4 is 22.3 Å². The minimum absolute atomic E-state index is 0.130. The van der Waals surface area contributed by atoms with Gasteiger partial charge in [-0.1, -0.05) is 18.2 Å². The fraction of sp³-hybridized carbons (Fsp3) is 0.375. The zero-order valence-electron chi connectivity index (χ0n) is 18.6. The average Bonchev–Trinajstić information content (AvgIpc) is 3.01. The van der Waals surface area contributed by atoms with Crippen LogP contribution in [0.15, 0.2) is 54.7 Å². The van der Waals surface area contributed by atoms with Crippen LogP contribution in [-0.4, -0.2) is 49.1 Å². The third-order valence-corrected chi connectivity index (χ3v) is 5.91. The molecule has 0 unspecified atom stereocenters. The van der Waals surface area contributed by atoms with Gasteiger partial charge >= 0.3 is 6.36 Å². The SMILES string of the molecule is CN(C)c1cnc2ccccc2c1CN1CN(c2ccc(OC(F)(F)F)cc2)CC1(C)C. The summed E-state index contributed by atoms with van der Waals surface area (Å²) in [6.45, 7) is 6.53. The number of fused-ring (bicyclic) bond motifs is 1. The molecule has 3 aromatic rings. The van der Waals surface area contributed by atoms with Crippen molar-refractivity contribution in [2.45, 2.75) is 32.3 Å². The summed E-state index contributed by atoms with van der Waals surface area (Å²) in [6.07, 6.45) is -2.77. The molecule has 0 aliphatic carbocycles. The molecule has 5 nitrogen and oxygen atoms in total. The summed E-state index contributed by atoms with van der Waals surface area (Å²) in [6, 6.07) is 14.2. The van der Waals surface area contributed by atoms with E-state index in [0.717, 1.165) is 35.4 Å². The van der Waals surface area contributed by atoms with Gasteiger partial charge < -0.3 is 14.5 Å². The fourth-order valence-corrected chi connectivity index (χ4v) is 4.24. The third kappa shape index (κ3) is 4.60. The molecular weight excluding hydrogens is 417 g/mol. The molecule has 170 valence electrons. The molecule has 0 N–H and O–H groups in total. The molecule has 0 amide bonds. The Kier molecular flexibility index (Phi) is 5.67. The lowest BCUT2D eigenvalue weighted by molar-refractivity contribution is -0.274. The van der Waals surface area contributed by atoms with E-state index in [1.807, 2.05) is 38.5 Å². The molecule has 32 heavy (non-hydrogen) atoms. The molecule has 0 radical (unpaired) electrons. The number of alkyl halides is 3. The number of rotatable bonds is 5. The highest BCUT2D eigenvalue weighted by atomic mass is 19.4. The first-order valence-corrected chi connectivity index (χ1v) is 10.4. The second-order valence-corrected chi connectivity index (χ2v) is 8.93. The van der Waals surface area contributed by atoms with E-state index in [1.54, 1.807) is 12.1 Å². The predicted molar refractivity (Wildman–Crippen MR) is 121 cm³/mol.